The van der Waals surface area contributed by atoms with Crippen molar-refractivity contribution in [2.45, 2.75) is 213 Å². The molecule has 276 valence electrons. The largest absolute Gasteiger partial charge is 0.481 e. The van der Waals surface area contributed by atoms with Crippen LogP contribution in [-0.4, -0.2) is 48.3 Å². The predicted molar refractivity (Wildman–Crippen MR) is 189 cm³/mol. The smallest absolute Gasteiger partial charge is 0.306 e. The summed E-state index contributed by atoms with van der Waals surface area (Å²) in [6.45, 7) is 4.04. The lowest BCUT2D eigenvalue weighted by atomic mass is 10.0. The van der Waals surface area contributed by atoms with Gasteiger partial charge in [-0.05, 0) is 12.8 Å². The average Bonchev–Trinajstić information content (AvgIpc) is 3.05. The van der Waals surface area contributed by atoms with Crippen LogP contribution in [0.5, 0.6) is 0 Å². The lowest BCUT2D eigenvalue weighted by molar-refractivity contribution is -0.167. The van der Waals surface area contributed by atoms with Crippen LogP contribution in [0.15, 0.2) is 0 Å². The van der Waals surface area contributed by atoms with Gasteiger partial charge in [0.25, 0.3) is 0 Å². The fourth-order valence-electron chi connectivity index (χ4n) is 5.66. The van der Waals surface area contributed by atoms with Crippen LogP contribution in [-0.2, 0) is 33.4 Å². The van der Waals surface area contributed by atoms with Gasteiger partial charge in [-0.2, -0.15) is 0 Å². The molecule has 8 nitrogen and oxygen atoms in total. The highest BCUT2D eigenvalue weighted by atomic mass is 16.6. The standard InChI is InChI=1S/C39H72O8/c1-3-5-7-9-11-13-15-17-19-21-23-25-27-29-37(42)45-33-35(34-46-38(43)32-31-36(40)41)47-39(44)30-28-26-24-22-20-18-16-14-12-10-8-6-4-2/h35H,3-34H2,1-2H3,(H,40,41). The Morgan fingerprint density at radius 1 is 0.404 bits per heavy atom. The first-order valence-electron chi connectivity index (χ1n) is 19.6. The highest BCUT2D eigenvalue weighted by Crippen LogP contribution is 2.15. The minimum absolute atomic E-state index is 0.187. The predicted octanol–water partition coefficient (Wildman–Crippen LogP) is 10.8. The lowest BCUT2D eigenvalue weighted by Gasteiger charge is -2.18. The first kappa shape index (κ1) is 44.9. The van der Waals surface area contributed by atoms with Gasteiger partial charge < -0.3 is 19.3 Å². The zero-order chi connectivity index (χ0) is 34.6. The molecule has 0 aliphatic heterocycles. The van der Waals surface area contributed by atoms with Crippen LogP contribution in [0.4, 0.5) is 0 Å². The molecule has 8 heteroatoms. The lowest BCUT2D eigenvalue weighted by Crippen LogP contribution is -2.31. The van der Waals surface area contributed by atoms with E-state index in [4.69, 9.17) is 19.3 Å². The summed E-state index contributed by atoms with van der Waals surface area (Å²) in [4.78, 5) is 47.4. The molecule has 1 N–H and O–H groups in total. The van der Waals surface area contributed by atoms with E-state index >= 15 is 0 Å². The van der Waals surface area contributed by atoms with E-state index < -0.39 is 24.0 Å². The van der Waals surface area contributed by atoms with E-state index in [0.717, 1.165) is 38.5 Å². The number of ether oxygens (including phenoxy) is 3. The number of carbonyl (C=O) groups is 4. The summed E-state index contributed by atoms with van der Waals surface area (Å²) in [6.07, 6.45) is 30.8. The molecule has 0 rings (SSSR count). The van der Waals surface area contributed by atoms with Crippen LogP contribution in [0.1, 0.15) is 206 Å². The van der Waals surface area contributed by atoms with Crippen molar-refractivity contribution in [3.05, 3.63) is 0 Å². The zero-order valence-electron chi connectivity index (χ0n) is 30.5. The van der Waals surface area contributed by atoms with Crippen molar-refractivity contribution < 1.29 is 38.5 Å². The number of unbranched alkanes of at least 4 members (excludes halogenated alkanes) is 24. The molecule has 0 saturated heterocycles. The highest BCUT2D eigenvalue weighted by molar-refractivity contribution is 5.76. The highest BCUT2D eigenvalue weighted by Gasteiger charge is 2.20. The quantitative estimate of drug-likeness (QED) is 0.0398. The summed E-state index contributed by atoms with van der Waals surface area (Å²) < 4.78 is 16.0. The van der Waals surface area contributed by atoms with E-state index in [-0.39, 0.29) is 38.4 Å². The van der Waals surface area contributed by atoms with Crippen LogP contribution >= 0.6 is 0 Å². The van der Waals surface area contributed by atoms with Crippen molar-refractivity contribution in [1.82, 2.24) is 0 Å². The molecule has 47 heavy (non-hydrogen) atoms. The number of hydrogen-bond donors (Lipinski definition) is 1. The topological polar surface area (TPSA) is 116 Å². The van der Waals surface area contributed by atoms with Crippen molar-refractivity contribution in [1.29, 1.82) is 0 Å². The molecule has 0 heterocycles. The van der Waals surface area contributed by atoms with Gasteiger partial charge in [0.2, 0.25) is 0 Å². The van der Waals surface area contributed by atoms with Crippen LogP contribution in [0.25, 0.3) is 0 Å². The minimum atomic E-state index is -1.09. The van der Waals surface area contributed by atoms with Gasteiger partial charge >= 0.3 is 23.9 Å². The molecule has 0 aliphatic carbocycles. The molecule has 0 aromatic rings. The summed E-state index contributed by atoms with van der Waals surface area (Å²) in [6, 6.07) is 0. The van der Waals surface area contributed by atoms with Crippen LogP contribution in [0.3, 0.4) is 0 Å². The SMILES string of the molecule is CCCCCCCCCCCCCCCC(=O)OCC(COC(=O)CCC(=O)O)OC(=O)CCCCCCCCCCCCCCC. The molecule has 0 amide bonds. The van der Waals surface area contributed by atoms with E-state index in [1.165, 1.54) is 128 Å². The zero-order valence-corrected chi connectivity index (χ0v) is 30.5. The summed E-state index contributed by atoms with van der Waals surface area (Å²) in [7, 11) is 0. The number of carbonyl (C=O) groups excluding carboxylic acids is 3. The first-order valence-corrected chi connectivity index (χ1v) is 19.6. The van der Waals surface area contributed by atoms with Gasteiger partial charge in [0.1, 0.15) is 13.2 Å². The van der Waals surface area contributed by atoms with Crippen molar-refractivity contribution in [3.63, 3.8) is 0 Å². The second kappa shape index (κ2) is 35.2. The molecule has 1 unspecified atom stereocenters. The number of hydrogen-bond acceptors (Lipinski definition) is 7. The maximum atomic E-state index is 12.5. The third-order valence-corrected chi connectivity index (χ3v) is 8.67. The van der Waals surface area contributed by atoms with Gasteiger partial charge in [-0.25, -0.2) is 0 Å². The maximum absolute atomic E-state index is 12.5. The van der Waals surface area contributed by atoms with E-state index in [0.29, 0.717) is 6.42 Å². The normalized spacial score (nSPS) is 11.7. The molecular formula is C39H72O8. The summed E-state index contributed by atoms with van der Waals surface area (Å²) in [5.74, 6) is -2.55. The Morgan fingerprint density at radius 2 is 0.702 bits per heavy atom. The molecule has 0 fully saturated rings. The van der Waals surface area contributed by atoms with Gasteiger partial charge in [0.15, 0.2) is 6.10 Å². The number of rotatable bonds is 36. The Balaban J connectivity index is 4.14. The van der Waals surface area contributed by atoms with Crippen molar-refractivity contribution in [2.75, 3.05) is 13.2 Å². The second-order valence-corrected chi connectivity index (χ2v) is 13.4. The van der Waals surface area contributed by atoms with Crippen LogP contribution < -0.4 is 0 Å². The first-order chi connectivity index (χ1) is 22.9. The molecule has 0 aromatic heterocycles. The Bertz CT molecular complexity index is 753. The minimum Gasteiger partial charge on any atom is -0.481 e. The number of esters is 3. The molecule has 0 aromatic carbocycles. The van der Waals surface area contributed by atoms with Gasteiger partial charge in [-0.3, -0.25) is 19.2 Å². The van der Waals surface area contributed by atoms with Crippen molar-refractivity contribution >= 4 is 23.9 Å². The average molecular weight is 669 g/mol. The monoisotopic (exact) mass is 669 g/mol. The van der Waals surface area contributed by atoms with Gasteiger partial charge in [0.05, 0.1) is 12.8 Å². The van der Waals surface area contributed by atoms with Gasteiger partial charge in [-0.15, -0.1) is 0 Å². The summed E-state index contributed by atoms with van der Waals surface area (Å²) in [5, 5.41) is 8.78. The fraction of sp³-hybridized carbons (Fsp3) is 0.897. The molecule has 0 spiro atoms. The van der Waals surface area contributed by atoms with Crippen LogP contribution in [0, 0.1) is 0 Å². The van der Waals surface area contributed by atoms with E-state index in [9.17, 15) is 19.2 Å². The van der Waals surface area contributed by atoms with Crippen LogP contribution in [0.2, 0.25) is 0 Å². The second-order valence-electron chi connectivity index (χ2n) is 13.4. The van der Waals surface area contributed by atoms with Crippen molar-refractivity contribution in [3.8, 4) is 0 Å². The van der Waals surface area contributed by atoms with E-state index in [2.05, 4.69) is 13.8 Å². The van der Waals surface area contributed by atoms with Crippen molar-refractivity contribution in [2.24, 2.45) is 0 Å². The Kier molecular flexibility index (Phi) is 33.6. The molecule has 0 aliphatic rings. The van der Waals surface area contributed by atoms with E-state index in [1.54, 1.807) is 0 Å². The van der Waals surface area contributed by atoms with Gasteiger partial charge in [-0.1, -0.05) is 168 Å². The fourth-order valence-corrected chi connectivity index (χ4v) is 5.66. The molecule has 0 radical (unpaired) electrons. The van der Waals surface area contributed by atoms with Gasteiger partial charge in [0, 0.05) is 12.8 Å². The molecule has 0 saturated carbocycles. The summed E-state index contributed by atoms with van der Waals surface area (Å²) >= 11 is 0. The Morgan fingerprint density at radius 3 is 1.04 bits per heavy atom. The number of aliphatic carboxylic acids is 1. The molecule has 1 atom stereocenters. The Hall–Kier alpha value is -2.12. The maximum Gasteiger partial charge on any atom is 0.306 e. The van der Waals surface area contributed by atoms with E-state index in [1.807, 2.05) is 0 Å². The third kappa shape index (κ3) is 35.0. The third-order valence-electron chi connectivity index (χ3n) is 8.67. The number of carboxylic acid groups (broad SMARTS) is 1. The number of carboxylic acids is 1. The molecular weight excluding hydrogens is 596 g/mol. The Labute approximate surface area is 287 Å². The molecule has 0 bridgehead atoms. The summed E-state index contributed by atoms with van der Waals surface area (Å²) in [5.41, 5.74) is 0.